The molecule has 0 fully saturated rings. The number of hydrogen-bond acceptors (Lipinski definition) is 2. The number of para-hydroxylation sites is 2. The van der Waals surface area contributed by atoms with Crippen molar-refractivity contribution in [3.05, 3.63) is 203 Å². The molecule has 0 spiro atoms. The van der Waals surface area contributed by atoms with Gasteiger partial charge in [-0.1, -0.05) is 117 Å². The monoisotopic (exact) mass is 734 g/mol. The Morgan fingerprint density at radius 1 is 0.351 bits per heavy atom. The van der Waals surface area contributed by atoms with Crippen LogP contribution in [0.3, 0.4) is 0 Å². The highest BCUT2D eigenvalue weighted by Crippen LogP contribution is 2.56. The second kappa shape index (κ2) is 13.2. The van der Waals surface area contributed by atoms with E-state index in [0.29, 0.717) is 0 Å². The molecule has 0 saturated carbocycles. The first-order valence-corrected chi connectivity index (χ1v) is 20.1. The van der Waals surface area contributed by atoms with Crippen molar-refractivity contribution in [1.82, 2.24) is 0 Å². The molecule has 0 heterocycles. The summed E-state index contributed by atoms with van der Waals surface area (Å²) in [4.78, 5) is 4.87. The summed E-state index contributed by atoms with van der Waals surface area (Å²) in [5.41, 5.74) is 17.2. The van der Waals surface area contributed by atoms with E-state index in [1.165, 1.54) is 82.5 Å². The Balaban J connectivity index is 1.16. The summed E-state index contributed by atoms with van der Waals surface area (Å²) in [5, 5.41) is 7.55. The van der Waals surface area contributed by atoms with Crippen LogP contribution in [-0.2, 0) is 5.41 Å². The Labute approximate surface area is 336 Å². The number of aryl methyl sites for hydroxylation is 4. The molecule has 0 amide bonds. The minimum absolute atomic E-state index is 0.264. The van der Waals surface area contributed by atoms with E-state index in [4.69, 9.17) is 0 Å². The van der Waals surface area contributed by atoms with Crippen LogP contribution < -0.4 is 9.80 Å². The van der Waals surface area contributed by atoms with Crippen LogP contribution >= 0.6 is 0 Å². The molecule has 1 aliphatic carbocycles. The van der Waals surface area contributed by atoms with E-state index in [-0.39, 0.29) is 5.41 Å². The van der Waals surface area contributed by atoms with Gasteiger partial charge in [-0.3, -0.25) is 0 Å². The summed E-state index contributed by atoms with van der Waals surface area (Å²) in [6, 6.07) is 63.3. The molecule has 0 saturated heterocycles. The SMILES string of the molecule is Cc1cc2ccc(N(c3ccccc3)c3ccc4c(c3)C(C)(C)c3cc(N(c5ccccc5)c5ccc6cc(C)c(C)cc6c5)c5ccccc5c3-4)cc2cc1C. The number of fused-ring (bicyclic) bond motifs is 7. The highest BCUT2D eigenvalue weighted by atomic mass is 15.1. The van der Waals surface area contributed by atoms with E-state index in [1.54, 1.807) is 0 Å². The van der Waals surface area contributed by atoms with Gasteiger partial charge in [0.15, 0.2) is 0 Å². The lowest BCUT2D eigenvalue weighted by Crippen LogP contribution is -2.18. The fourth-order valence-electron chi connectivity index (χ4n) is 9.21. The molecule has 9 aromatic carbocycles. The molecular formula is C55H46N2. The fraction of sp³-hybridized carbons (Fsp3) is 0.127. The zero-order valence-electron chi connectivity index (χ0n) is 33.6. The number of benzene rings is 9. The quantitative estimate of drug-likeness (QED) is 0.168. The lowest BCUT2D eigenvalue weighted by Gasteiger charge is -2.30. The third kappa shape index (κ3) is 5.70. The van der Waals surface area contributed by atoms with Gasteiger partial charge < -0.3 is 9.80 Å². The van der Waals surface area contributed by atoms with Crippen molar-refractivity contribution in [2.45, 2.75) is 47.0 Å². The average Bonchev–Trinajstić information content (AvgIpc) is 3.45. The maximum atomic E-state index is 2.48. The minimum atomic E-state index is -0.264. The van der Waals surface area contributed by atoms with Crippen LogP contribution in [0.4, 0.5) is 34.1 Å². The first-order valence-electron chi connectivity index (χ1n) is 20.1. The molecule has 9 aromatic rings. The summed E-state index contributed by atoms with van der Waals surface area (Å²) in [6.07, 6.45) is 0. The van der Waals surface area contributed by atoms with Crippen LogP contribution in [0.15, 0.2) is 170 Å². The molecule has 0 aromatic heterocycles. The van der Waals surface area contributed by atoms with Crippen molar-refractivity contribution in [2.24, 2.45) is 0 Å². The van der Waals surface area contributed by atoms with Crippen LogP contribution in [0.5, 0.6) is 0 Å². The zero-order chi connectivity index (χ0) is 39.0. The number of rotatable bonds is 6. The van der Waals surface area contributed by atoms with Crippen molar-refractivity contribution in [2.75, 3.05) is 9.80 Å². The van der Waals surface area contributed by atoms with Crippen LogP contribution in [0.1, 0.15) is 47.2 Å². The highest BCUT2D eigenvalue weighted by Gasteiger charge is 2.38. The Bertz CT molecular complexity index is 3030. The molecule has 0 radical (unpaired) electrons. The largest absolute Gasteiger partial charge is 0.310 e. The van der Waals surface area contributed by atoms with E-state index < -0.39 is 0 Å². The van der Waals surface area contributed by atoms with Crippen LogP contribution in [-0.4, -0.2) is 0 Å². The van der Waals surface area contributed by atoms with Gasteiger partial charge in [-0.15, -0.1) is 0 Å². The van der Waals surface area contributed by atoms with Crippen molar-refractivity contribution in [3.8, 4) is 11.1 Å². The molecule has 57 heavy (non-hydrogen) atoms. The first kappa shape index (κ1) is 34.8. The summed E-state index contributed by atoms with van der Waals surface area (Å²) in [7, 11) is 0. The second-order valence-electron chi connectivity index (χ2n) is 16.5. The molecule has 0 aliphatic heterocycles. The van der Waals surface area contributed by atoms with Crippen LogP contribution in [0.25, 0.3) is 43.4 Å². The maximum Gasteiger partial charge on any atom is 0.0543 e. The van der Waals surface area contributed by atoms with Gasteiger partial charge in [0.1, 0.15) is 0 Å². The van der Waals surface area contributed by atoms with E-state index in [2.05, 4.69) is 221 Å². The van der Waals surface area contributed by atoms with Crippen LogP contribution in [0, 0.1) is 27.7 Å². The highest BCUT2D eigenvalue weighted by molar-refractivity contribution is 6.10. The molecule has 10 rings (SSSR count). The Morgan fingerprint density at radius 3 is 1.39 bits per heavy atom. The molecule has 0 unspecified atom stereocenters. The molecule has 0 N–H and O–H groups in total. The topological polar surface area (TPSA) is 6.48 Å². The molecule has 0 atom stereocenters. The lowest BCUT2D eigenvalue weighted by molar-refractivity contribution is 0.661. The Hall–Kier alpha value is -6.64. The van der Waals surface area contributed by atoms with E-state index in [0.717, 1.165) is 28.4 Å². The first-order chi connectivity index (χ1) is 27.7. The minimum Gasteiger partial charge on any atom is -0.310 e. The second-order valence-corrected chi connectivity index (χ2v) is 16.5. The standard InChI is InChI=1S/C55H46N2/c1-35-27-39-21-23-45(31-41(39)29-37(35)3)56(43-15-9-7-10-16-43)47-25-26-50-51(33-47)55(5,6)52-34-53(48-19-13-14-20-49(48)54(50)52)57(44-17-11-8-12-18-44)46-24-22-40-28-36(2)38(4)30-42(40)32-46/h7-34H,1-6H3. The average molecular weight is 735 g/mol. The van der Waals surface area contributed by atoms with Gasteiger partial charge in [0.2, 0.25) is 0 Å². The van der Waals surface area contributed by atoms with Crippen molar-refractivity contribution >= 4 is 66.4 Å². The summed E-state index contributed by atoms with van der Waals surface area (Å²) in [6.45, 7) is 13.6. The lowest BCUT2D eigenvalue weighted by atomic mass is 9.81. The smallest absolute Gasteiger partial charge is 0.0543 e. The van der Waals surface area contributed by atoms with Gasteiger partial charge in [0, 0.05) is 39.2 Å². The van der Waals surface area contributed by atoms with Gasteiger partial charge in [-0.2, -0.15) is 0 Å². The summed E-state index contributed by atoms with van der Waals surface area (Å²) >= 11 is 0. The molecular weight excluding hydrogens is 689 g/mol. The van der Waals surface area contributed by atoms with Crippen LogP contribution in [0.2, 0.25) is 0 Å². The van der Waals surface area contributed by atoms with Gasteiger partial charge in [0.05, 0.1) is 5.69 Å². The number of nitrogens with zero attached hydrogens (tertiary/aromatic N) is 2. The molecule has 2 heteroatoms. The van der Waals surface area contributed by atoms with Crippen molar-refractivity contribution in [3.63, 3.8) is 0 Å². The normalized spacial score (nSPS) is 12.9. The van der Waals surface area contributed by atoms with E-state index in [9.17, 15) is 0 Å². The third-order valence-electron chi connectivity index (χ3n) is 12.6. The predicted octanol–water partition coefficient (Wildman–Crippen LogP) is 15.6. The molecule has 0 bridgehead atoms. The van der Waals surface area contributed by atoms with Crippen molar-refractivity contribution in [1.29, 1.82) is 0 Å². The van der Waals surface area contributed by atoms with E-state index in [1.807, 2.05) is 0 Å². The molecule has 276 valence electrons. The zero-order valence-corrected chi connectivity index (χ0v) is 33.6. The third-order valence-corrected chi connectivity index (χ3v) is 12.6. The van der Waals surface area contributed by atoms with Gasteiger partial charge >= 0.3 is 0 Å². The number of anilines is 6. The summed E-state index contributed by atoms with van der Waals surface area (Å²) < 4.78 is 0. The Kier molecular flexibility index (Phi) is 8.09. The predicted molar refractivity (Wildman–Crippen MR) is 245 cm³/mol. The number of hydrogen-bond donors (Lipinski definition) is 0. The molecule has 1 aliphatic rings. The van der Waals surface area contributed by atoms with Gasteiger partial charge in [-0.05, 0) is 166 Å². The maximum absolute atomic E-state index is 2.48. The fourth-order valence-corrected chi connectivity index (χ4v) is 9.21. The van der Waals surface area contributed by atoms with E-state index >= 15 is 0 Å². The molecule has 2 nitrogen and oxygen atoms in total. The van der Waals surface area contributed by atoms with Gasteiger partial charge in [-0.25, -0.2) is 0 Å². The summed E-state index contributed by atoms with van der Waals surface area (Å²) in [5.74, 6) is 0. The van der Waals surface area contributed by atoms with Crippen molar-refractivity contribution < 1.29 is 0 Å². The van der Waals surface area contributed by atoms with Gasteiger partial charge in [0.25, 0.3) is 0 Å². The Morgan fingerprint density at radius 2 is 0.807 bits per heavy atom.